The normalized spacial score (nSPS) is 12.5. The maximum atomic E-state index is 13.7. The van der Waals surface area contributed by atoms with Crippen molar-refractivity contribution in [3.8, 4) is 17.2 Å². The third kappa shape index (κ3) is 5.47. The van der Waals surface area contributed by atoms with Crippen molar-refractivity contribution in [3.05, 3.63) is 59.3 Å². The maximum absolute atomic E-state index is 13.7. The first kappa shape index (κ1) is 24.2. The van der Waals surface area contributed by atoms with Crippen molar-refractivity contribution in [2.24, 2.45) is 5.41 Å². The Hall–Kier alpha value is -2.47. The first-order valence-corrected chi connectivity index (χ1v) is 11.0. The monoisotopic (exact) mass is 460 g/mol. The van der Waals surface area contributed by atoms with Crippen LogP contribution in [0, 0.1) is 16.7 Å². The molecule has 0 aliphatic rings. The highest BCUT2D eigenvalue weighted by molar-refractivity contribution is 7.95. The van der Waals surface area contributed by atoms with E-state index in [9.17, 15) is 18.4 Å². The zero-order valence-corrected chi connectivity index (χ0v) is 19.7. The molecule has 0 aliphatic heterocycles. The summed E-state index contributed by atoms with van der Waals surface area (Å²) in [5, 5.41) is 10.5. The van der Waals surface area contributed by atoms with Crippen LogP contribution in [-0.4, -0.2) is 23.0 Å². The van der Waals surface area contributed by atoms with E-state index in [0.717, 1.165) is 22.5 Å². The number of hydrogen-bond donors (Lipinski definition) is 1. The second kappa shape index (κ2) is 9.18. The van der Waals surface area contributed by atoms with Crippen LogP contribution in [0.3, 0.4) is 0 Å². The summed E-state index contributed by atoms with van der Waals surface area (Å²) >= 11 is 1.48. The SMILES string of the molecule is CN(C)SNCc1cn(CC(C)(C)C)c2cc(-c3c(C#N)cccc3C(F)(F)F)ccc12. The van der Waals surface area contributed by atoms with Gasteiger partial charge in [0.1, 0.15) is 0 Å². The molecule has 170 valence electrons. The minimum absolute atomic E-state index is 0.0115. The molecule has 2 aromatic carbocycles. The second-order valence-electron chi connectivity index (χ2n) is 9.14. The van der Waals surface area contributed by atoms with Crippen molar-refractivity contribution in [3.63, 3.8) is 0 Å². The molecule has 0 fully saturated rings. The minimum atomic E-state index is -4.55. The molecule has 32 heavy (non-hydrogen) atoms. The van der Waals surface area contributed by atoms with Gasteiger partial charge in [-0.25, -0.2) is 9.03 Å². The van der Waals surface area contributed by atoms with E-state index in [2.05, 4.69) is 36.3 Å². The first-order chi connectivity index (χ1) is 14.9. The highest BCUT2D eigenvalue weighted by Gasteiger charge is 2.35. The predicted octanol–water partition coefficient (Wildman–Crippen LogP) is 6.46. The minimum Gasteiger partial charge on any atom is -0.347 e. The summed E-state index contributed by atoms with van der Waals surface area (Å²) in [4.78, 5) is 0. The average Bonchev–Trinajstić information content (AvgIpc) is 3.01. The van der Waals surface area contributed by atoms with Crippen LogP contribution >= 0.6 is 12.1 Å². The van der Waals surface area contributed by atoms with Crippen LogP contribution in [0.4, 0.5) is 13.2 Å². The van der Waals surface area contributed by atoms with Gasteiger partial charge < -0.3 is 4.57 Å². The molecule has 3 rings (SSSR count). The molecule has 3 aromatic rings. The van der Waals surface area contributed by atoms with Gasteiger partial charge in [-0.2, -0.15) is 18.4 Å². The summed E-state index contributed by atoms with van der Waals surface area (Å²) in [6.45, 7) is 7.68. The van der Waals surface area contributed by atoms with E-state index < -0.39 is 11.7 Å². The number of alkyl halides is 3. The van der Waals surface area contributed by atoms with Crippen molar-refractivity contribution in [2.75, 3.05) is 14.1 Å². The van der Waals surface area contributed by atoms with E-state index >= 15 is 0 Å². The predicted molar refractivity (Wildman–Crippen MR) is 125 cm³/mol. The Balaban J connectivity index is 2.18. The van der Waals surface area contributed by atoms with Crippen LogP contribution in [0.15, 0.2) is 42.6 Å². The average molecular weight is 461 g/mol. The number of aromatic nitrogens is 1. The summed E-state index contributed by atoms with van der Waals surface area (Å²) in [5.41, 5.74) is 1.42. The zero-order chi connectivity index (χ0) is 23.7. The molecule has 0 unspecified atom stereocenters. The van der Waals surface area contributed by atoms with Crippen LogP contribution in [0.1, 0.15) is 37.5 Å². The van der Waals surface area contributed by atoms with Gasteiger partial charge in [0, 0.05) is 47.9 Å². The fourth-order valence-corrected chi connectivity index (χ4v) is 4.22. The molecular formula is C24H27F3N4S. The smallest absolute Gasteiger partial charge is 0.347 e. The van der Waals surface area contributed by atoms with Crippen molar-refractivity contribution in [2.45, 2.75) is 40.0 Å². The number of hydrogen-bond acceptors (Lipinski definition) is 4. The van der Waals surface area contributed by atoms with Gasteiger partial charge in [-0.1, -0.05) is 39.0 Å². The third-order valence-electron chi connectivity index (χ3n) is 4.90. The van der Waals surface area contributed by atoms with Gasteiger partial charge in [-0.05, 0) is 48.8 Å². The molecule has 0 saturated heterocycles. The van der Waals surface area contributed by atoms with Crippen LogP contribution in [-0.2, 0) is 19.3 Å². The van der Waals surface area contributed by atoms with E-state index in [0.29, 0.717) is 18.7 Å². The fraction of sp³-hybridized carbons (Fsp3) is 0.375. The molecule has 0 spiro atoms. The van der Waals surface area contributed by atoms with Crippen LogP contribution in [0.25, 0.3) is 22.0 Å². The molecule has 1 heterocycles. The van der Waals surface area contributed by atoms with Gasteiger partial charge in [0.25, 0.3) is 0 Å². The fourth-order valence-electron chi connectivity index (χ4n) is 3.74. The van der Waals surface area contributed by atoms with E-state index in [1.807, 2.05) is 30.5 Å². The lowest BCUT2D eigenvalue weighted by molar-refractivity contribution is -0.137. The summed E-state index contributed by atoms with van der Waals surface area (Å²) in [6.07, 6.45) is -2.49. The number of halogens is 3. The molecule has 0 bridgehead atoms. The van der Waals surface area contributed by atoms with Crippen molar-refractivity contribution >= 4 is 23.0 Å². The number of benzene rings is 2. The summed E-state index contributed by atoms with van der Waals surface area (Å²) in [7, 11) is 3.88. The van der Waals surface area contributed by atoms with Gasteiger partial charge in [0.15, 0.2) is 0 Å². The molecule has 0 atom stereocenters. The lowest BCUT2D eigenvalue weighted by Crippen LogP contribution is -2.15. The highest BCUT2D eigenvalue weighted by atomic mass is 32.2. The number of nitriles is 1. The molecule has 0 amide bonds. The van der Waals surface area contributed by atoms with E-state index in [4.69, 9.17) is 0 Å². The molecule has 1 N–H and O–H groups in total. The van der Waals surface area contributed by atoms with Gasteiger partial charge in [0.2, 0.25) is 0 Å². The number of rotatable bonds is 6. The zero-order valence-electron chi connectivity index (χ0n) is 18.8. The molecule has 0 saturated carbocycles. The van der Waals surface area contributed by atoms with Crippen molar-refractivity contribution in [1.82, 2.24) is 13.6 Å². The van der Waals surface area contributed by atoms with Crippen molar-refractivity contribution in [1.29, 1.82) is 5.26 Å². The second-order valence-corrected chi connectivity index (χ2v) is 10.3. The number of fused-ring (bicyclic) bond motifs is 1. The Morgan fingerprint density at radius 2 is 1.84 bits per heavy atom. The topological polar surface area (TPSA) is 44.0 Å². The van der Waals surface area contributed by atoms with Crippen LogP contribution in [0.5, 0.6) is 0 Å². The van der Waals surface area contributed by atoms with Gasteiger partial charge in [-0.3, -0.25) is 0 Å². The Morgan fingerprint density at radius 3 is 2.44 bits per heavy atom. The summed E-state index contributed by atoms with van der Waals surface area (Å²) < 4.78 is 48.6. The molecule has 0 aliphatic carbocycles. The van der Waals surface area contributed by atoms with Gasteiger partial charge in [0.05, 0.1) is 17.2 Å². The standard InChI is InChI=1S/C24H27F3N4S/c1-23(2,3)15-31-14-18(13-29-32-30(4)5)19-10-9-16(11-21(19)31)22-17(12-28)7-6-8-20(22)24(25,26)27/h6-11,14,29H,13,15H2,1-5H3. The van der Waals surface area contributed by atoms with Crippen LogP contribution < -0.4 is 4.72 Å². The first-order valence-electron chi connectivity index (χ1n) is 10.2. The molecule has 1 aromatic heterocycles. The Kier molecular flexibility index (Phi) is 6.94. The molecule has 0 radical (unpaired) electrons. The Bertz CT molecular complexity index is 1150. The summed E-state index contributed by atoms with van der Waals surface area (Å²) in [5.74, 6) is 0. The Morgan fingerprint density at radius 1 is 1.12 bits per heavy atom. The van der Waals surface area contributed by atoms with Crippen molar-refractivity contribution < 1.29 is 13.2 Å². The van der Waals surface area contributed by atoms with Gasteiger partial charge >= 0.3 is 6.18 Å². The van der Waals surface area contributed by atoms with E-state index in [1.54, 1.807) is 12.1 Å². The lowest BCUT2D eigenvalue weighted by Gasteiger charge is -2.20. The molecule has 8 heteroatoms. The molecule has 4 nitrogen and oxygen atoms in total. The lowest BCUT2D eigenvalue weighted by atomic mass is 9.93. The quantitative estimate of drug-likeness (QED) is 0.429. The number of nitrogens with zero attached hydrogens (tertiary/aromatic N) is 3. The summed E-state index contributed by atoms with van der Waals surface area (Å²) in [6, 6.07) is 11.0. The molecular weight excluding hydrogens is 433 g/mol. The Labute approximate surface area is 191 Å². The third-order valence-corrected chi connectivity index (χ3v) is 5.54. The van der Waals surface area contributed by atoms with E-state index in [-0.39, 0.29) is 16.5 Å². The van der Waals surface area contributed by atoms with Gasteiger partial charge in [-0.15, -0.1) is 0 Å². The van der Waals surface area contributed by atoms with E-state index in [1.165, 1.54) is 24.3 Å². The largest absolute Gasteiger partial charge is 0.417 e. The highest BCUT2D eigenvalue weighted by Crippen LogP contribution is 2.40. The number of nitrogens with one attached hydrogen (secondary N) is 1. The van der Waals surface area contributed by atoms with Crippen LogP contribution in [0.2, 0.25) is 0 Å². The maximum Gasteiger partial charge on any atom is 0.417 e.